The van der Waals surface area contributed by atoms with Crippen LogP contribution in [0.4, 0.5) is 0 Å². The minimum atomic E-state index is 0.916. The van der Waals surface area contributed by atoms with E-state index in [2.05, 4.69) is 21.9 Å². The molecule has 0 amide bonds. The number of hydrogen-bond donors (Lipinski definition) is 0. The molecule has 1 saturated heterocycles. The Bertz CT molecular complexity index is 414. The lowest BCUT2D eigenvalue weighted by Crippen LogP contribution is -2.47. The van der Waals surface area contributed by atoms with Crippen molar-refractivity contribution < 1.29 is 4.74 Å². The van der Waals surface area contributed by atoms with Crippen molar-refractivity contribution in [1.82, 2.24) is 9.80 Å². The van der Waals surface area contributed by atoms with Crippen LogP contribution in [0.15, 0.2) is 24.3 Å². The number of benzene rings is 1. The van der Waals surface area contributed by atoms with E-state index in [0.717, 1.165) is 42.8 Å². The van der Waals surface area contributed by atoms with E-state index in [1.807, 2.05) is 18.4 Å². The third kappa shape index (κ3) is 4.09. The van der Waals surface area contributed by atoms with Crippen molar-refractivity contribution in [2.24, 2.45) is 0 Å². The van der Waals surface area contributed by atoms with Crippen molar-refractivity contribution in [1.29, 1.82) is 0 Å². The highest BCUT2D eigenvalue weighted by Gasteiger charge is 2.18. The van der Waals surface area contributed by atoms with Gasteiger partial charge in [-0.15, -0.1) is 11.8 Å². The Morgan fingerprint density at radius 2 is 1.84 bits per heavy atom. The number of hydrogen-bond acceptors (Lipinski definition) is 4. The molecule has 104 valence electrons. The van der Waals surface area contributed by atoms with Crippen molar-refractivity contribution in [2.45, 2.75) is 6.54 Å². The highest BCUT2D eigenvalue weighted by Crippen LogP contribution is 2.15. The van der Waals surface area contributed by atoms with Gasteiger partial charge in [0.25, 0.3) is 0 Å². The lowest BCUT2D eigenvalue weighted by atomic mass is 10.2. The van der Waals surface area contributed by atoms with Gasteiger partial charge < -0.3 is 9.64 Å². The number of piperazine rings is 1. The molecule has 3 nitrogen and oxygen atoms in total. The zero-order chi connectivity index (χ0) is 13.7. The van der Waals surface area contributed by atoms with E-state index in [9.17, 15) is 0 Å². The predicted octanol–water partition coefficient (Wildman–Crippen LogP) is 2.46. The third-order valence-electron chi connectivity index (χ3n) is 3.37. The van der Waals surface area contributed by atoms with Gasteiger partial charge in [-0.05, 0) is 24.0 Å². The first kappa shape index (κ1) is 14.6. The van der Waals surface area contributed by atoms with Crippen LogP contribution in [0.5, 0.6) is 5.75 Å². The standard InChI is InChI=1S/C14H20N2OS2/c1-17-13-5-3-12(4-6-13)11-15-7-9-16(10-8-15)14(18)19-2/h3-6H,7-11H2,1-2H3. The van der Waals surface area contributed by atoms with Gasteiger partial charge in [0.1, 0.15) is 10.1 Å². The number of nitrogens with zero attached hydrogens (tertiary/aromatic N) is 2. The molecule has 5 heteroatoms. The average molecular weight is 296 g/mol. The van der Waals surface area contributed by atoms with Gasteiger partial charge in [0.05, 0.1) is 7.11 Å². The normalized spacial score (nSPS) is 16.4. The van der Waals surface area contributed by atoms with Gasteiger partial charge in [-0.3, -0.25) is 4.90 Å². The zero-order valence-corrected chi connectivity index (χ0v) is 13.1. The molecule has 0 N–H and O–H groups in total. The fraction of sp³-hybridized carbons (Fsp3) is 0.500. The lowest BCUT2D eigenvalue weighted by Gasteiger charge is -2.35. The highest BCUT2D eigenvalue weighted by atomic mass is 32.2. The van der Waals surface area contributed by atoms with Gasteiger partial charge in [-0.25, -0.2) is 0 Å². The lowest BCUT2D eigenvalue weighted by molar-refractivity contribution is 0.179. The fourth-order valence-corrected chi connectivity index (χ4v) is 2.83. The van der Waals surface area contributed by atoms with Crippen LogP contribution >= 0.6 is 24.0 Å². The van der Waals surface area contributed by atoms with Crippen LogP contribution in [0.1, 0.15) is 5.56 Å². The van der Waals surface area contributed by atoms with Crippen molar-refractivity contribution >= 4 is 28.3 Å². The summed E-state index contributed by atoms with van der Waals surface area (Å²) >= 11 is 6.99. The first-order chi connectivity index (χ1) is 9.22. The summed E-state index contributed by atoms with van der Waals surface area (Å²) in [6, 6.07) is 8.32. The summed E-state index contributed by atoms with van der Waals surface area (Å²) in [7, 11) is 1.70. The second-order valence-corrected chi connectivity index (χ2v) is 6.02. The summed E-state index contributed by atoms with van der Waals surface area (Å²) in [6.07, 6.45) is 2.05. The largest absolute Gasteiger partial charge is 0.497 e. The minimum Gasteiger partial charge on any atom is -0.497 e. The highest BCUT2D eigenvalue weighted by molar-refractivity contribution is 8.22. The molecule has 0 aliphatic carbocycles. The molecule has 0 saturated carbocycles. The fourth-order valence-electron chi connectivity index (χ4n) is 2.21. The number of thioether (sulfide) groups is 1. The van der Waals surface area contributed by atoms with Gasteiger partial charge in [0.15, 0.2) is 0 Å². The van der Waals surface area contributed by atoms with E-state index in [1.165, 1.54) is 5.56 Å². The van der Waals surface area contributed by atoms with Crippen LogP contribution in [0, 0.1) is 0 Å². The molecule has 0 unspecified atom stereocenters. The average Bonchev–Trinajstić information content (AvgIpc) is 2.48. The smallest absolute Gasteiger partial charge is 0.136 e. The Hall–Kier alpha value is -0.780. The summed E-state index contributed by atoms with van der Waals surface area (Å²) in [5.74, 6) is 0.916. The van der Waals surface area contributed by atoms with Crippen molar-refractivity contribution in [3.05, 3.63) is 29.8 Å². The molecule has 1 aromatic carbocycles. The topological polar surface area (TPSA) is 15.7 Å². The Balaban J connectivity index is 1.83. The molecule has 0 spiro atoms. The summed E-state index contributed by atoms with van der Waals surface area (Å²) in [6.45, 7) is 5.23. The van der Waals surface area contributed by atoms with E-state index >= 15 is 0 Å². The van der Waals surface area contributed by atoms with Crippen molar-refractivity contribution in [3.8, 4) is 5.75 Å². The number of rotatable bonds is 3. The Morgan fingerprint density at radius 3 is 2.37 bits per heavy atom. The van der Waals surface area contributed by atoms with Crippen LogP contribution in [0.25, 0.3) is 0 Å². The van der Waals surface area contributed by atoms with Gasteiger partial charge in [-0.2, -0.15) is 0 Å². The van der Waals surface area contributed by atoms with E-state index in [0.29, 0.717) is 0 Å². The molecule has 1 aromatic rings. The SMILES string of the molecule is COc1ccc(CN2CCN(C(=S)SC)CC2)cc1. The molecular formula is C14H20N2OS2. The summed E-state index contributed by atoms with van der Waals surface area (Å²) in [5, 5.41) is 0. The van der Waals surface area contributed by atoms with Crippen LogP contribution < -0.4 is 4.74 Å². The third-order valence-corrected chi connectivity index (χ3v) is 4.74. The monoisotopic (exact) mass is 296 g/mol. The van der Waals surface area contributed by atoms with Crippen LogP contribution in [0.2, 0.25) is 0 Å². The molecule has 0 atom stereocenters. The van der Waals surface area contributed by atoms with Gasteiger partial charge in [0.2, 0.25) is 0 Å². The summed E-state index contributed by atoms with van der Waals surface area (Å²) in [4.78, 5) is 4.77. The van der Waals surface area contributed by atoms with E-state index < -0.39 is 0 Å². The first-order valence-corrected chi connectivity index (χ1v) is 8.04. The second-order valence-electron chi connectivity index (χ2n) is 4.58. The quantitative estimate of drug-likeness (QED) is 0.794. The Kier molecular flexibility index (Phi) is 5.48. The maximum atomic E-state index is 5.33. The number of ether oxygens (including phenoxy) is 1. The van der Waals surface area contributed by atoms with E-state index in [4.69, 9.17) is 17.0 Å². The second kappa shape index (κ2) is 7.12. The van der Waals surface area contributed by atoms with Crippen molar-refractivity contribution in [2.75, 3.05) is 39.5 Å². The summed E-state index contributed by atoms with van der Waals surface area (Å²) in [5.41, 5.74) is 1.33. The van der Waals surface area contributed by atoms with E-state index in [1.54, 1.807) is 18.9 Å². The number of thiocarbonyl (C=S) groups is 1. The molecule has 1 fully saturated rings. The van der Waals surface area contributed by atoms with E-state index in [-0.39, 0.29) is 0 Å². The maximum absolute atomic E-state index is 5.33. The van der Waals surface area contributed by atoms with Crippen LogP contribution in [-0.4, -0.2) is 53.7 Å². The Morgan fingerprint density at radius 1 is 1.21 bits per heavy atom. The van der Waals surface area contributed by atoms with Gasteiger partial charge in [-0.1, -0.05) is 24.4 Å². The minimum absolute atomic E-state index is 0.916. The zero-order valence-electron chi connectivity index (χ0n) is 11.5. The maximum Gasteiger partial charge on any atom is 0.136 e. The first-order valence-electron chi connectivity index (χ1n) is 6.41. The number of methoxy groups -OCH3 is 1. The molecular weight excluding hydrogens is 276 g/mol. The van der Waals surface area contributed by atoms with Crippen LogP contribution in [-0.2, 0) is 6.54 Å². The molecule has 0 aromatic heterocycles. The predicted molar refractivity (Wildman–Crippen MR) is 86.0 cm³/mol. The van der Waals surface area contributed by atoms with Gasteiger partial charge in [0, 0.05) is 32.7 Å². The van der Waals surface area contributed by atoms with Gasteiger partial charge >= 0.3 is 0 Å². The Labute approximate surface area is 124 Å². The summed E-state index contributed by atoms with van der Waals surface area (Å²) < 4.78 is 6.19. The molecule has 1 heterocycles. The molecule has 0 bridgehead atoms. The molecule has 2 rings (SSSR count). The van der Waals surface area contributed by atoms with Crippen molar-refractivity contribution in [3.63, 3.8) is 0 Å². The molecule has 19 heavy (non-hydrogen) atoms. The molecule has 1 aliphatic rings. The molecule has 1 aliphatic heterocycles. The molecule has 0 radical (unpaired) electrons. The van der Waals surface area contributed by atoms with Crippen LogP contribution in [0.3, 0.4) is 0 Å².